The molecular formula is C20H24N2O2. The number of nitrogens with two attached hydrogens (primary N) is 1. The Morgan fingerprint density at radius 1 is 1.08 bits per heavy atom. The minimum absolute atomic E-state index is 0.0764. The highest BCUT2D eigenvalue weighted by atomic mass is 16.5. The highest BCUT2D eigenvalue weighted by Crippen LogP contribution is 2.29. The van der Waals surface area contributed by atoms with E-state index in [1.807, 2.05) is 48.5 Å². The number of amides is 1. The number of rotatable bonds is 6. The SMILES string of the molecule is NCC1(NC(=O)c2cccc(OCc3ccccc3)c2)CCCC1. The van der Waals surface area contributed by atoms with E-state index in [1.54, 1.807) is 6.07 Å². The fourth-order valence-electron chi connectivity index (χ4n) is 3.21. The Morgan fingerprint density at radius 3 is 2.54 bits per heavy atom. The molecule has 1 aliphatic rings. The van der Waals surface area contributed by atoms with Gasteiger partial charge in [-0.3, -0.25) is 4.79 Å². The van der Waals surface area contributed by atoms with Crippen molar-refractivity contribution in [2.75, 3.05) is 6.54 Å². The molecule has 3 rings (SSSR count). The van der Waals surface area contributed by atoms with Crippen molar-refractivity contribution in [1.82, 2.24) is 5.32 Å². The second kappa shape index (κ2) is 7.49. The average molecular weight is 324 g/mol. The van der Waals surface area contributed by atoms with Crippen LogP contribution in [0.5, 0.6) is 5.75 Å². The first kappa shape index (κ1) is 16.5. The molecule has 0 aromatic heterocycles. The Bertz CT molecular complexity index is 679. The molecule has 3 N–H and O–H groups in total. The van der Waals surface area contributed by atoms with Gasteiger partial charge in [0.1, 0.15) is 12.4 Å². The summed E-state index contributed by atoms with van der Waals surface area (Å²) >= 11 is 0. The standard InChI is InChI=1S/C20H24N2O2/c21-15-20(11-4-5-12-20)22-19(23)17-9-6-10-18(13-17)24-14-16-7-2-1-3-8-16/h1-3,6-10,13H,4-5,11-12,14-15,21H2,(H,22,23). The largest absolute Gasteiger partial charge is 0.489 e. The lowest BCUT2D eigenvalue weighted by atomic mass is 9.97. The zero-order chi connectivity index (χ0) is 16.8. The van der Waals surface area contributed by atoms with Gasteiger partial charge in [-0.1, -0.05) is 49.2 Å². The van der Waals surface area contributed by atoms with Crippen molar-refractivity contribution in [2.24, 2.45) is 5.73 Å². The zero-order valence-electron chi connectivity index (χ0n) is 13.8. The highest BCUT2D eigenvalue weighted by molar-refractivity contribution is 5.95. The molecule has 1 amide bonds. The third kappa shape index (κ3) is 3.95. The molecule has 2 aromatic carbocycles. The number of hydrogen-bond acceptors (Lipinski definition) is 3. The van der Waals surface area contributed by atoms with Gasteiger partial charge >= 0.3 is 0 Å². The minimum Gasteiger partial charge on any atom is -0.489 e. The summed E-state index contributed by atoms with van der Waals surface area (Å²) in [7, 11) is 0. The van der Waals surface area contributed by atoms with Crippen LogP contribution in [0.1, 0.15) is 41.6 Å². The lowest BCUT2D eigenvalue weighted by Crippen LogP contribution is -2.51. The molecule has 0 aliphatic heterocycles. The van der Waals surface area contributed by atoms with Crippen LogP contribution in [-0.4, -0.2) is 18.0 Å². The average Bonchev–Trinajstić information content (AvgIpc) is 3.10. The quantitative estimate of drug-likeness (QED) is 0.857. The Morgan fingerprint density at radius 2 is 1.83 bits per heavy atom. The van der Waals surface area contributed by atoms with Crippen LogP contribution < -0.4 is 15.8 Å². The molecule has 0 heterocycles. The van der Waals surface area contributed by atoms with E-state index >= 15 is 0 Å². The van der Waals surface area contributed by atoms with Crippen molar-refractivity contribution in [2.45, 2.75) is 37.8 Å². The monoisotopic (exact) mass is 324 g/mol. The fourth-order valence-corrected chi connectivity index (χ4v) is 3.21. The Kier molecular flexibility index (Phi) is 5.16. The minimum atomic E-state index is -0.238. The summed E-state index contributed by atoms with van der Waals surface area (Å²) in [5, 5.41) is 3.14. The third-order valence-electron chi connectivity index (χ3n) is 4.67. The number of nitrogens with one attached hydrogen (secondary N) is 1. The molecule has 0 atom stereocenters. The Hall–Kier alpha value is -2.33. The molecule has 4 heteroatoms. The molecule has 0 spiro atoms. The number of hydrogen-bond donors (Lipinski definition) is 2. The summed E-state index contributed by atoms with van der Waals surface area (Å²) in [5.41, 5.74) is 7.37. The van der Waals surface area contributed by atoms with Crippen LogP contribution in [-0.2, 0) is 6.61 Å². The van der Waals surface area contributed by atoms with Crippen LogP contribution in [0.15, 0.2) is 54.6 Å². The third-order valence-corrected chi connectivity index (χ3v) is 4.67. The summed E-state index contributed by atoms with van der Waals surface area (Å²) in [6.07, 6.45) is 4.16. The van der Waals surface area contributed by atoms with E-state index in [1.165, 1.54) is 0 Å². The van der Waals surface area contributed by atoms with Crippen LogP contribution in [0.3, 0.4) is 0 Å². The summed E-state index contributed by atoms with van der Waals surface area (Å²) in [6.45, 7) is 0.974. The van der Waals surface area contributed by atoms with Crippen molar-refractivity contribution >= 4 is 5.91 Å². The first-order valence-corrected chi connectivity index (χ1v) is 8.50. The molecule has 1 fully saturated rings. The highest BCUT2D eigenvalue weighted by Gasteiger charge is 2.34. The number of carbonyl (C=O) groups excluding carboxylic acids is 1. The molecule has 0 radical (unpaired) electrons. The fraction of sp³-hybridized carbons (Fsp3) is 0.350. The second-order valence-corrected chi connectivity index (χ2v) is 6.45. The van der Waals surface area contributed by atoms with E-state index in [2.05, 4.69) is 5.32 Å². The van der Waals surface area contributed by atoms with Crippen molar-refractivity contribution in [3.05, 3.63) is 65.7 Å². The molecule has 1 saturated carbocycles. The normalized spacial score (nSPS) is 15.9. The van der Waals surface area contributed by atoms with Crippen molar-refractivity contribution in [3.8, 4) is 5.75 Å². The van der Waals surface area contributed by atoms with Gasteiger partial charge in [0.15, 0.2) is 0 Å². The van der Waals surface area contributed by atoms with Gasteiger partial charge in [-0.15, -0.1) is 0 Å². The van der Waals surface area contributed by atoms with Crippen LogP contribution in [0.4, 0.5) is 0 Å². The van der Waals surface area contributed by atoms with Crippen LogP contribution in [0.2, 0.25) is 0 Å². The number of ether oxygens (including phenoxy) is 1. The number of benzene rings is 2. The van der Waals surface area contributed by atoms with E-state index in [0.717, 1.165) is 31.2 Å². The number of carbonyl (C=O) groups is 1. The van der Waals surface area contributed by atoms with Gasteiger partial charge in [0, 0.05) is 12.1 Å². The Balaban J connectivity index is 1.65. The lowest BCUT2D eigenvalue weighted by molar-refractivity contribution is 0.0902. The molecule has 0 bridgehead atoms. The van der Waals surface area contributed by atoms with Gasteiger partial charge in [0.25, 0.3) is 5.91 Å². The molecule has 24 heavy (non-hydrogen) atoms. The van der Waals surface area contributed by atoms with Crippen LogP contribution >= 0.6 is 0 Å². The molecule has 0 saturated heterocycles. The second-order valence-electron chi connectivity index (χ2n) is 6.45. The van der Waals surface area contributed by atoms with Crippen LogP contribution in [0.25, 0.3) is 0 Å². The van der Waals surface area contributed by atoms with E-state index < -0.39 is 0 Å². The summed E-state index contributed by atoms with van der Waals surface area (Å²) in [5.74, 6) is 0.618. The molecular weight excluding hydrogens is 300 g/mol. The van der Waals surface area contributed by atoms with E-state index in [0.29, 0.717) is 24.5 Å². The maximum atomic E-state index is 12.6. The summed E-state index contributed by atoms with van der Waals surface area (Å²) in [4.78, 5) is 12.6. The smallest absolute Gasteiger partial charge is 0.251 e. The van der Waals surface area contributed by atoms with Gasteiger partial charge < -0.3 is 15.8 Å². The van der Waals surface area contributed by atoms with Gasteiger partial charge in [-0.05, 0) is 36.6 Å². The first-order valence-electron chi connectivity index (χ1n) is 8.50. The van der Waals surface area contributed by atoms with Gasteiger partial charge in [0.2, 0.25) is 0 Å². The maximum Gasteiger partial charge on any atom is 0.251 e. The maximum absolute atomic E-state index is 12.6. The van der Waals surface area contributed by atoms with E-state index in [4.69, 9.17) is 10.5 Å². The van der Waals surface area contributed by atoms with Crippen LogP contribution in [0, 0.1) is 0 Å². The molecule has 2 aromatic rings. The summed E-state index contributed by atoms with van der Waals surface area (Å²) in [6, 6.07) is 17.3. The molecule has 1 aliphatic carbocycles. The first-order chi connectivity index (χ1) is 11.7. The zero-order valence-corrected chi connectivity index (χ0v) is 13.8. The van der Waals surface area contributed by atoms with E-state index in [-0.39, 0.29) is 11.4 Å². The predicted octanol–water partition coefficient (Wildman–Crippen LogP) is 3.27. The topological polar surface area (TPSA) is 64.3 Å². The van der Waals surface area contributed by atoms with Crippen molar-refractivity contribution in [1.29, 1.82) is 0 Å². The van der Waals surface area contributed by atoms with Crippen molar-refractivity contribution in [3.63, 3.8) is 0 Å². The lowest BCUT2D eigenvalue weighted by Gasteiger charge is -2.28. The van der Waals surface area contributed by atoms with Gasteiger partial charge in [-0.2, -0.15) is 0 Å². The predicted molar refractivity (Wildman–Crippen MR) is 94.9 cm³/mol. The molecule has 126 valence electrons. The summed E-state index contributed by atoms with van der Waals surface area (Å²) < 4.78 is 5.80. The van der Waals surface area contributed by atoms with Crippen molar-refractivity contribution < 1.29 is 9.53 Å². The van der Waals surface area contributed by atoms with E-state index in [9.17, 15) is 4.79 Å². The molecule has 0 unspecified atom stereocenters. The molecule has 4 nitrogen and oxygen atoms in total. The van der Waals surface area contributed by atoms with Gasteiger partial charge in [0.05, 0.1) is 5.54 Å². The Labute approximate surface area is 143 Å². The van der Waals surface area contributed by atoms with Gasteiger partial charge in [-0.25, -0.2) is 0 Å².